The predicted molar refractivity (Wildman–Crippen MR) is 91.4 cm³/mol. The highest BCUT2D eigenvalue weighted by Crippen LogP contribution is 2.37. The van der Waals surface area contributed by atoms with Crippen molar-refractivity contribution in [1.29, 1.82) is 0 Å². The molecule has 21 heavy (non-hydrogen) atoms. The zero-order valence-corrected chi connectivity index (χ0v) is 14.4. The van der Waals surface area contributed by atoms with Crippen LogP contribution in [-0.2, 0) is 6.42 Å². The fourth-order valence-corrected chi connectivity index (χ4v) is 4.62. The number of anilines is 1. The van der Waals surface area contributed by atoms with Gasteiger partial charge in [0.1, 0.15) is 10.6 Å². The number of rotatable bonds is 4. The number of thiophene rings is 1. The lowest BCUT2D eigenvalue weighted by Gasteiger charge is -2.21. The minimum absolute atomic E-state index is 0.340. The van der Waals surface area contributed by atoms with Gasteiger partial charge in [-0.2, -0.15) is 0 Å². The lowest BCUT2D eigenvalue weighted by Crippen LogP contribution is -2.25. The molecule has 1 saturated carbocycles. The molecule has 3 nitrogen and oxygen atoms in total. The Bertz CT molecular complexity index is 640. The average molecular weight is 324 g/mol. The summed E-state index contributed by atoms with van der Waals surface area (Å²) in [5.41, 5.74) is 0. The summed E-state index contributed by atoms with van der Waals surface area (Å²) in [7, 11) is 0. The maximum absolute atomic E-state index is 6.10. The fourth-order valence-electron chi connectivity index (χ4n) is 3.43. The Morgan fingerprint density at radius 2 is 2.14 bits per heavy atom. The Morgan fingerprint density at radius 1 is 1.33 bits per heavy atom. The number of nitrogens with one attached hydrogen (secondary N) is 1. The van der Waals surface area contributed by atoms with Gasteiger partial charge in [0.25, 0.3) is 0 Å². The van der Waals surface area contributed by atoms with Crippen molar-refractivity contribution in [3.05, 3.63) is 16.2 Å². The van der Waals surface area contributed by atoms with Crippen LogP contribution in [0.4, 0.5) is 5.82 Å². The summed E-state index contributed by atoms with van der Waals surface area (Å²) in [6, 6.07) is 2.70. The quantitative estimate of drug-likeness (QED) is 0.791. The van der Waals surface area contributed by atoms with E-state index < -0.39 is 0 Å². The lowest BCUT2D eigenvalue weighted by atomic mass is 9.93. The number of halogens is 1. The molecule has 1 N–H and O–H groups in total. The first-order valence-electron chi connectivity index (χ1n) is 7.84. The van der Waals surface area contributed by atoms with Crippen LogP contribution in [0.2, 0.25) is 5.28 Å². The van der Waals surface area contributed by atoms with Crippen molar-refractivity contribution in [2.75, 3.05) is 5.32 Å². The third-order valence-electron chi connectivity index (χ3n) is 4.84. The Morgan fingerprint density at radius 3 is 2.81 bits per heavy atom. The van der Waals surface area contributed by atoms with E-state index in [0.29, 0.717) is 17.2 Å². The van der Waals surface area contributed by atoms with E-state index in [0.717, 1.165) is 28.4 Å². The summed E-state index contributed by atoms with van der Waals surface area (Å²) in [4.78, 5) is 11.1. The van der Waals surface area contributed by atoms with Crippen molar-refractivity contribution in [1.82, 2.24) is 9.97 Å². The van der Waals surface area contributed by atoms with Gasteiger partial charge in [0.05, 0.1) is 5.39 Å². The van der Waals surface area contributed by atoms with E-state index >= 15 is 0 Å². The topological polar surface area (TPSA) is 37.8 Å². The monoisotopic (exact) mass is 323 g/mol. The maximum Gasteiger partial charge on any atom is 0.225 e. The summed E-state index contributed by atoms with van der Waals surface area (Å²) in [6.07, 6.45) is 4.81. The first-order chi connectivity index (χ1) is 10.1. The zero-order chi connectivity index (χ0) is 15.0. The van der Waals surface area contributed by atoms with Gasteiger partial charge in [0, 0.05) is 10.9 Å². The van der Waals surface area contributed by atoms with E-state index in [1.54, 1.807) is 11.3 Å². The SMILES string of the molecule is CCc1cc2c(NC3CCC(CC)C3C)nc(Cl)nc2s1. The smallest absolute Gasteiger partial charge is 0.225 e. The molecule has 1 fully saturated rings. The van der Waals surface area contributed by atoms with Crippen LogP contribution in [0.5, 0.6) is 0 Å². The fraction of sp³-hybridized carbons (Fsp3) is 0.625. The number of aryl methyl sites for hydroxylation is 1. The highest BCUT2D eigenvalue weighted by Gasteiger charge is 2.32. The zero-order valence-electron chi connectivity index (χ0n) is 12.8. The van der Waals surface area contributed by atoms with Gasteiger partial charge in [-0.15, -0.1) is 11.3 Å². The maximum atomic E-state index is 6.10. The molecule has 0 aromatic carbocycles. The van der Waals surface area contributed by atoms with Crippen molar-refractivity contribution in [3.8, 4) is 0 Å². The van der Waals surface area contributed by atoms with Crippen molar-refractivity contribution in [3.63, 3.8) is 0 Å². The van der Waals surface area contributed by atoms with Gasteiger partial charge < -0.3 is 5.32 Å². The molecule has 0 saturated heterocycles. The highest BCUT2D eigenvalue weighted by atomic mass is 35.5. The molecule has 0 bridgehead atoms. The second kappa shape index (κ2) is 6.09. The molecule has 1 aliphatic rings. The Balaban J connectivity index is 1.91. The Labute approximate surface area is 135 Å². The molecule has 114 valence electrons. The number of hydrogen-bond donors (Lipinski definition) is 1. The second-order valence-electron chi connectivity index (χ2n) is 5.98. The lowest BCUT2D eigenvalue weighted by molar-refractivity contribution is 0.391. The number of aromatic nitrogens is 2. The predicted octanol–water partition coefficient (Wildman–Crippen LogP) is 5.14. The summed E-state index contributed by atoms with van der Waals surface area (Å²) in [6.45, 7) is 6.80. The van der Waals surface area contributed by atoms with Crippen molar-refractivity contribution in [2.24, 2.45) is 11.8 Å². The molecular formula is C16H22ClN3S. The summed E-state index contributed by atoms with van der Waals surface area (Å²) < 4.78 is 0. The third-order valence-corrected chi connectivity index (χ3v) is 6.18. The normalized spacial score (nSPS) is 25.6. The van der Waals surface area contributed by atoms with Crippen LogP contribution in [0.15, 0.2) is 6.07 Å². The summed E-state index contributed by atoms with van der Waals surface area (Å²) in [5.74, 6) is 2.42. The van der Waals surface area contributed by atoms with Gasteiger partial charge in [-0.25, -0.2) is 9.97 Å². The van der Waals surface area contributed by atoms with Gasteiger partial charge in [-0.1, -0.05) is 27.2 Å². The number of nitrogens with zero attached hydrogens (tertiary/aromatic N) is 2. The van der Waals surface area contributed by atoms with Crippen LogP contribution < -0.4 is 5.32 Å². The van der Waals surface area contributed by atoms with E-state index in [4.69, 9.17) is 11.6 Å². The van der Waals surface area contributed by atoms with E-state index in [9.17, 15) is 0 Å². The van der Waals surface area contributed by atoms with Gasteiger partial charge >= 0.3 is 0 Å². The van der Waals surface area contributed by atoms with E-state index in [1.165, 1.54) is 24.1 Å². The summed E-state index contributed by atoms with van der Waals surface area (Å²) >= 11 is 7.81. The molecule has 0 radical (unpaired) electrons. The van der Waals surface area contributed by atoms with Crippen LogP contribution in [0.25, 0.3) is 10.2 Å². The molecule has 0 spiro atoms. The molecule has 3 unspecified atom stereocenters. The molecule has 1 aliphatic carbocycles. The second-order valence-corrected chi connectivity index (χ2v) is 7.44. The van der Waals surface area contributed by atoms with Gasteiger partial charge in [0.2, 0.25) is 5.28 Å². The molecular weight excluding hydrogens is 302 g/mol. The first-order valence-corrected chi connectivity index (χ1v) is 9.04. The summed E-state index contributed by atoms with van der Waals surface area (Å²) in [5, 5.41) is 5.11. The van der Waals surface area contributed by atoms with Crippen LogP contribution >= 0.6 is 22.9 Å². The standard InChI is InChI=1S/C16H22ClN3S/c1-4-10-6-7-13(9(10)3)18-14-12-8-11(5-2)21-15(12)20-16(17)19-14/h8-10,13H,4-7H2,1-3H3,(H,18,19,20). The van der Waals surface area contributed by atoms with E-state index in [1.807, 2.05) is 0 Å². The van der Waals surface area contributed by atoms with Crippen molar-refractivity contribution >= 4 is 39.0 Å². The van der Waals surface area contributed by atoms with Crippen LogP contribution in [0.3, 0.4) is 0 Å². The third kappa shape index (κ3) is 2.88. The van der Waals surface area contributed by atoms with Crippen molar-refractivity contribution in [2.45, 2.75) is 52.5 Å². The molecule has 2 heterocycles. The largest absolute Gasteiger partial charge is 0.366 e. The molecule has 2 aromatic rings. The van der Waals surface area contributed by atoms with Gasteiger partial charge in [-0.3, -0.25) is 0 Å². The van der Waals surface area contributed by atoms with Crippen LogP contribution in [-0.4, -0.2) is 16.0 Å². The van der Waals surface area contributed by atoms with Crippen LogP contribution in [0, 0.1) is 11.8 Å². The Hall–Kier alpha value is -0.870. The number of hydrogen-bond acceptors (Lipinski definition) is 4. The average Bonchev–Trinajstić information content (AvgIpc) is 3.03. The van der Waals surface area contributed by atoms with E-state index in [-0.39, 0.29) is 0 Å². The minimum Gasteiger partial charge on any atom is -0.366 e. The molecule has 0 aliphatic heterocycles. The minimum atomic E-state index is 0.340. The van der Waals surface area contributed by atoms with Crippen LogP contribution in [0.1, 0.15) is 44.9 Å². The molecule has 2 aromatic heterocycles. The Kier molecular flexibility index (Phi) is 4.36. The number of fused-ring (bicyclic) bond motifs is 1. The molecule has 5 heteroatoms. The van der Waals surface area contributed by atoms with E-state index in [2.05, 4.69) is 42.1 Å². The highest BCUT2D eigenvalue weighted by molar-refractivity contribution is 7.18. The molecule has 3 rings (SSSR count). The first kappa shape index (κ1) is 15.0. The van der Waals surface area contributed by atoms with Crippen molar-refractivity contribution < 1.29 is 0 Å². The molecule has 3 atom stereocenters. The van der Waals surface area contributed by atoms with Gasteiger partial charge in [-0.05, 0) is 48.8 Å². The van der Waals surface area contributed by atoms with Gasteiger partial charge in [0.15, 0.2) is 0 Å². The molecule has 0 amide bonds.